The van der Waals surface area contributed by atoms with E-state index in [0.717, 1.165) is 26.1 Å². The van der Waals surface area contributed by atoms with Crippen molar-refractivity contribution in [3.8, 4) is 6.07 Å². The summed E-state index contributed by atoms with van der Waals surface area (Å²) < 4.78 is 0. The predicted octanol–water partition coefficient (Wildman–Crippen LogP) is 1.88. The molecule has 0 aliphatic heterocycles. The molecule has 0 spiro atoms. The lowest BCUT2D eigenvalue weighted by atomic mass is 10.1. The maximum Gasteiger partial charge on any atom is 0.0669 e. The van der Waals surface area contributed by atoms with Crippen LogP contribution in [0.15, 0.2) is 0 Å². The number of hydrogen-bond acceptors (Lipinski definition) is 2. The normalized spacial score (nSPS) is 13.0. The molecule has 0 aliphatic carbocycles. The quantitative estimate of drug-likeness (QED) is 0.604. The fraction of sp³-hybridized carbons (Fsp3) is 0.889. The second-order valence-corrected chi connectivity index (χ2v) is 2.72. The minimum absolute atomic E-state index is 0.217. The van der Waals surface area contributed by atoms with Crippen LogP contribution >= 0.6 is 0 Å². The molecule has 0 fully saturated rings. The molecule has 1 atom stereocenters. The molecular weight excluding hydrogens is 136 g/mol. The molecule has 0 rings (SSSR count). The highest BCUT2D eigenvalue weighted by Gasteiger charge is 2.07. The monoisotopic (exact) mass is 154 g/mol. The van der Waals surface area contributed by atoms with Crippen LogP contribution in [0, 0.1) is 17.2 Å². The van der Waals surface area contributed by atoms with E-state index in [-0.39, 0.29) is 5.92 Å². The minimum atomic E-state index is 0.217. The van der Waals surface area contributed by atoms with Crippen LogP contribution in [0.25, 0.3) is 0 Å². The molecule has 0 aromatic heterocycles. The second-order valence-electron chi connectivity index (χ2n) is 2.72. The van der Waals surface area contributed by atoms with E-state index in [0.29, 0.717) is 0 Å². The summed E-state index contributed by atoms with van der Waals surface area (Å²) in [5.74, 6) is 0.217. The molecule has 0 radical (unpaired) electrons. The highest BCUT2D eigenvalue weighted by molar-refractivity contribution is 4.83. The van der Waals surface area contributed by atoms with Gasteiger partial charge in [0.1, 0.15) is 0 Å². The van der Waals surface area contributed by atoms with Crippen molar-refractivity contribution in [3.63, 3.8) is 0 Å². The van der Waals surface area contributed by atoms with E-state index >= 15 is 0 Å². The van der Waals surface area contributed by atoms with Crippen molar-refractivity contribution >= 4 is 0 Å². The van der Waals surface area contributed by atoms with E-state index in [1.807, 2.05) is 0 Å². The van der Waals surface area contributed by atoms with Gasteiger partial charge in [-0.1, -0.05) is 20.8 Å². The maximum absolute atomic E-state index is 8.69. The fourth-order valence-electron chi connectivity index (χ4n) is 1.05. The molecule has 0 aromatic rings. The van der Waals surface area contributed by atoms with Crippen molar-refractivity contribution in [1.29, 1.82) is 5.26 Å². The van der Waals surface area contributed by atoms with Gasteiger partial charge in [-0.05, 0) is 19.5 Å². The number of nitriles is 1. The first kappa shape index (κ1) is 10.4. The largest absolute Gasteiger partial charge is 0.303 e. The van der Waals surface area contributed by atoms with Crippen LogP contribution in [0.1, 0.15) is 27.2 Å². The third kappa shape index (κ3) is 4.00. The van der Waals surface area contributed by atoms with Crippen LogP contribution in [0.5, 0.6) is 0 Å². The Morgan fingerprint density at radius 3 is 2.09 bits per heavy atom. The third-order valence-electron chi connectivity index (χ3n) is 2.05. The van der Waals surface area contributed by atoms with Crippen LogP contribution in [-0.4, -0.2) is 24.5 Å². The molecule has 0 saturated carbocycles. The molecule has 11 heavy (non-hydrogen) atoms. The Bertz CT molecular complexity index is 122. The average molecular weight is 154 g/mol. The van der Waals surface area contributed by atoms with Gasteiger partial charge in [0.05, 0.1) is 12.0 Å². The first-order chi connectivity index (χ1) is 5.28. The summed E-state index contributed by atoms with van der Waals surface area (Å²) in [4.78, 5) is 2.29. The van der Waals surface area contributed by atoms with Crippen LogP contribution in [0.2, 0.25) is 0 Å². The summed E-state index contributed by atoms with van der Waals surface area (Å²) in [6, 6.07) is 2.31. The van der Waals surface area contributed by atoms with Crippen LogP contribution in [0.3, 0.4) is 0 Å². The lowest BCUT2D eigenvalue weighted by Gasteiger charge is -2.19. The zero-order chi connectivity index (χ0) is 8.69. The Labute approximate surface area is 69.8 Å². The van der Waals surface area contributed by atoms with E-state index in [2.05, 4.69) is 31.7 Å². The summed E-state index contributed by atoms with van der Waals surface area (Å²) in [5.41, 5.74) is 0. The molecule has 0 bridgehead atoms. The molecule has 1 unspecified atom stereocenters. The first-order valence-corrected chi connectivity index (χ1v) is 4.40. The van der Waals surface area contributed by atoms with Gasteiger partial charge < -0.3 is 4.90 Å². The Kier molecular flexibility index (Phi) is 5.87. The van der Waals surface area contributed by atoms with Gasteiger partial charge in [0.15, 0.2) is 0 Å². The molecule has 0 amide bonds. The lowest BCUT2D eigenvalue weighted by Crippen LogP contribution is -2.28. The highest BCUT2D eigenvalue weighted by Crippen LogP contribution is 2.03. The van der Waals surface area contributed by atoms with Gasteiger partial charge >= 0.3 is 0 Å². The molecule has 64 valence electrons. The molecule has 0 heterocycles. The van der Waals surface area contributed by atoms with Crippen molar-refractivity contribution in [2.75, 3.05) is 19.6 Å². The van der Waals surface area contributed by atoms with E-state index in [1.54, 1.807) is 0 Å². The molecule has 0 aliphatic rings. The van der Waals surface area contributed by atoms with E-state index < -0.39 is 0 Å². The van der Waals surface area contributed by atoms with E-state index in [1.165, 1.54) is 0 Å². The standard InChI is InChI=1S/C9H18N2/c1-4-9(7-10)8-11(5-2)6-3/h9H,4-6,8H2,1-3H3. The third-order valence-corrected chi connectivity index (χ3v) is 2.05. The van der Waals surface area contributed by atoms with Crippen molar-refractivity contribution in [1.82, 2.24) is 4.90 Å². The molecule has 0 aromatic carbocycles. The summed E-state index contributed by atoms with van der Waals surface area (Å²) in [7, 11) is 0. The number of rotatable bonds is 5. The molecular formula is C9H18N2. The van der Waals surface area contributed by atoms with Gasteiger partial charge in [-0.15, -0.1) is 0 Å². The Morgan fingerprint density at radius 1 is 1.27 bits per heavy atom. The van der Waals surface area contributed by atoms with Gasteiger partial charge in [0.2, 0.25) is 0 Å². The number of hydrogen-bond donors (Lipinski definition) is 0. The van der Waals surface area contributed by atoms with Crippen LogP contribution < -0.4 is 0 Å². The molecule has 0 saturated heterocycles. The predicted molar refractivity (Wildman–Crippen MR) is 47.2 cm³/mol. The summed E-state index contributed by atoms with van der Waals surface area (Å²) in [5, 5.41) is 8.69. The van der Waals surface area contributed by atoms with Gasteiger partial charge in [-0.25, -0.2) is 0 Å². The maximum atomic E-state index is 8.69. The lowest BCUT2D eigenvalue weighted by molar-refractivity contribution is 0.273. The molecule has 2 heteroatoms. The molecule has 2 nitrogen and oxygen atoms in total. The zero-order valence-electron chi connectivity index (χ0n) is 7.80. The molecule has 0 N–H and O–H groups in total. The second kappa shape index (κ2) is 6.18. The summed E-state index contributed by atoms with van der Waals surface area (Å²) in [6.45, 7) is 9.36. The zero-order valence-corrected chi connectivity index (χ0v) is 7.80. The first-order valence-electron chi connectivity index (χ1n) is 4.40. The summed E-state index contributed by atoms with van der Waals surface area (Å²) >= 11 is 0. The van der Waals surface area contributed by atoms with Crippen molar-refractivity contribution in [3.05, 3.63) is 0 Å². The van der Waals surface area contributed by atoms with Crippen molar-refractivity contribution in [2.45, 2.75) is 27.2 Å². The van der Waals surface area contributed by atoms with Gasteiger partial charge in [-0.3, -0.25) is 0 Å². The minimum Gasteiger partial charge on any atom is -0.303 e. The highest BCUT2D eigenvalue weighted by atomic mass is 15.1. The van der Waals surface area contributed by atoms with E-state index in [4.69, 9.17) is 5.26 Å². The van der Waals surface area contributed by atoms with Crippen LogP contribution in [0.4, 0.5) is 0 Å². The van der Waals surface area contributed by atoms with Gasteiger partial charge in [-0.2, -0.15) is 5.26 Å². The van der Waals surface area contributed by atoms with Crippen LogP contribution in [-0.2, 0) is 0 Å². The Hall–Kier alpha value is -0.550. The average Bonchev–Trinajstić information content (AvgIpc) is 2.07. The summed E-state index contributed by atoms with van der Waals surface area (Å²) in [6.07, 6.45) is 0.965. The van der Waals surface area contributed by atoms with E-state index in [9.17, 15) is 0 Å². The Balaban J connectivity index is 3.70. The van der Waals surface area contributed by atoms with Gasteiger partial charge in [0.25, 0.3) is 0 Å². The topological polar surface area (TPSA) is 27.0 Å². The van der Waals surface area contributed by atoms with Crippen molar-refractivity contribution < 1.29 is 0 Å². The van der Waals surface area contributed by atoms with Crippen molar-refractivity contribution in [2.24, 2.45) is 5.92 Å². The van der Waals surface area contributed by atoms with Gasteiger partial charge in [0, 0.05) is 6.54 Å². The smallest absolute Gasteiger partial charge is 0.0669 e. The number of nitrogens with zero attached hydrogens (tertiary/aromatic N) is 2. The fourth-order valence-corrected chi connectivity index (χ4v) is 1.05. The SMILES string of the molecule is CCC(C#N)CN(CC)CC. The Morgan fingerprint density at radius 2 is 1.82 bits per heavy atom.